The molecule has 1 aliphatic rings. The van der Waals surface area contributed by atoms with Crippen molar-refractivity contribution in [2.24, 2.45) is 0 Å². The van der Waals surface area contributed by atoms with Crippen LogP contribution in [0.2, 0.25) is 0 Å². The van der Waals surface area contributed by atoms with Crippen molar-refractivity contribution in [3.63, 3.8) is 0 Å². The molecule has 2 aromatic heterocycles. The molecule has 0 spiro atoms. The molecule has 1 fully saturated rings. The Labute approximate surface area is 128 Å². The molecular weight excluding hydrogens is 286 g/mol. The maximum atomic E-state index is 5.12. The van der Waals surface area contributed by atoms with Gasteiger partial charge in [0.2, 0.25) is 5.13 Å². The van der Waals surface area contributed by atoms with Gasteiger partial charge in [-0.3, -0.25) is 4.68 Å². The van der Waals surface area contributed by atoms with Crippen molar-refractivity contribution in [2.45, 2.75) is 45.7 Å². The van der Waals surface area contributed by atoms with Crippen LogP contribution >= 0.6 is 11.5 Å². The van der Waals surface area contributed by atoms with E-state index in [9.17, 15) is 0 Å². The largest absolute Gasteiger partial charge is 0.383 e. The van der Waals surface area contributed by atoms with Gasteiger partial charge in [0.05, 0.1) is 18.8 Å². The number of hydrogen-bond acceptors (Lipinski definition) is 6. The molecular formula is C14H21N5OS. The molecule has 0 saturated heterocycles. The van der Waals surface area contributed by atoms with E-state index in [0.29, 0.717) is 12.5 Å². The van der Waals surface area contributed by atoms with Crippen LogP contribution in [-0.4, -0.2) is 32.9 Å². The summed E-state index contributed by atoms with van der Waals surface area (Å²) in [5, 5.41) is 8.85. The molecule has 7 heteroatoms. The van der Waals surface area contributed by atoms with E-state index in [4.69, 9.17) is 4.74 Å². The predicted molar refractivity (Wildman–Crippen MR) is 82.8 cm³/mol. The fraction of sp³-hybridized carbons (Fsp3) is 0.643. The number of nitrogens with one attached hydrogen (secondary N) is 1. The first-order chi connectivity index (χ1) is 10.2. The summed E-state index contributed by atoms with van der Waals surface area (Å²) in [6.07, 6.45) is 2.47. The van der Waals surface area contributed by atoms with Gasteiger partial charge in [0.25, 0.3) is 0 Å². The van der Waals surface area contributed by atoms with E-state index in [2.05, 4.69) is 26.7 Å². The summed E-state index contributed by atoms with van der Waals surface area (Å²) in [5.41, 5.74) is 3.47. The Morgan fingerprint density at radius 3 is 2.90 bits per heavy atom. The Kier molecular flexibility index (Phi) is 4.21. The number of methoxy groups -OCH3 is 1. The highest BCUT2D eigenvalue weighted by Crippen LogP contribution is 2.39. The molecule has 1 saturated carbocycles. The molecule has 0 aromatic carbocycles. The first-order valence-electron chi connectivity index (χ1n) is 7.28. The second-order valence-corrected chi connectivity index (χ2v) is 6.20. The molecule has 6 nitrogen and oxygen atoms in total. The van der Waals surface area contributed by atoms with E-state index in [1.54, 1.807) is 7.11 Å². The smallest absolute Gasteiger partial charge is 0.202 e. The third-order valence-electron chi connectivity index (χ3n) is 3.84. The van der Waals surface area contributed by atoms with Crippen LogP contribution in [0.5, 0.6) is 0 Å². The number of nitrogens with zero attached hydrogens (tertiary/aromatic N) is 4. The van der Waals surface area contributed by atoms with Crippen LogP contribution in [0.1, 0.15) is 41.5 Å². The Morgan fingerprint density at radius 2 is 2.19 bits per heavy atom. The Bertz CT molecular complexity index is 617. The second kappa shape index (κ2) is 6.11. The summed E-state index contributed by atoms with van der Waals surface area (Å²) in [6.45, 7) is 6.35. The second-order valence-electron chi connectivity index (χ2n) is 5.45. The van der Waals surface area contributed by atoms with Crippen molar-refractivity contribution in [1.82, 2.24) is 19.1 Å². The molecule has 0 unspecified atom stereocenters. The Hall–Kier alpha value is -1.47. The van der Waals surface area contributed by atoms with Crippen LogP contribution in [0.15, 0.2) is 0 Å². The van der Waals surface area contributed by atoms with Gasteiger partial charge in [-0.05, 0) is 26.7 Å². The predicted octanol–water partition coefficient (Wildman–Crippen LogP) is 2.49. The molecule has 1 N–H and O–H groups in total. The molecule has 0 amide bonds. The molecule has 0 radical (unpaired) electrons. The van der Waals surface area contributed by atoms with Crippen LogP contribution in [-0.2, 0) is 17.8 Å². The average Bonchev–Trinajstić information content (AvgIpc) is 3.16. The van der Waals surface area contributed by atoms with Gasteiger partial charge >= 0.3 is 0 Å². The fourth-order valence-electron chi connectivity index (χ4n) is 2.36. The number of aromatic nitrogens is 4. The minimum Gasteiger partial charge on any atom is -0.383 e. The van der Waals surface area contributed by atoms with Gasteiger partial charge in [0.1, 0.15) is 5.82 Å². The highest BCUT2D eigenvalue weighted by atomic mass is 32.1. The van der Waals surface area contributed by atoms with E-state index in [1.165, 1.54) is 35.6 Å². The summed E-state index contributed by atoms with van der Waals surface area (Å²) in [6, 6.07) is 0. The fourth-order valence-corrected chi connectivity index (χ4v) is 3.00. The highest BCUT2D eigenvalue weighted by molar-refractivity contribution is 7.09. The van der Waals surface area contributed by atoms with Gasteiger partial charge in [0.15, 0.2) is 0 Å². The van der Waals surface area contributed by atoms with Crippen LogP contribution in [0.4, 0.5) is 5.13 Å². The zero-order valence-corrected chi connectivity index (χ0v) is 13.5. The van der Waals surface area contributed by atoms with E-state index in [1.807, 2.05) is 11.6 Å². The Morgan fingerprint density at radius 1 is 1.38 bits per heavy atom. The van der Waals surface area contributed by atoms with Crippen molar-refractivity contribution in [2.75, 3.05) is 19.0 Å². The molecule has 0 aliphatic heterocycles. The number of ether oxygens (including phenoxy) is 1. The number of hydrogen-bond donors (Lipinski definition) is 1. The van der Waals surface area contributed by atoms with Crippen molar-refractivity contribution in [3.8, 4) is 0 Å². The summed E-state index contributed by atoms with van der Waals surface area (Å²) < 4.78 is 11.5. The van der Waals surface area contributed by atoms with E-state index >= 15 is 0 Å². The molecule has 1 aliphatic carbocycles. The summed E-state index contributed by atoms with van der Waals surface area (Å²) in [4.78, 5) is 4.55. The minimum absolute atomic E-state index is 0.608. The molecule has 0 atom stereocenters. The third kappa shape index (κ3) is 3.24. The zero-order valence-electron chi connectivity index (χ0n) is 12.7. The van der Waals surface area contributed by atoms with Crippen molar-refractivity contribution in [1.29, 1.82) is 0 Å². The van der Waals surface area contributed by atoms with E-state index in [-0.39, 0.29) is 0 Å². The van der Waals surface area contributed by atoms with Crippen LogP contribution < -0.4 is 5.32 Å². The molecule has 2 aromatic rings. The van der Waals surface area contributed by atoms with E-state index in [0.717, 1.165) is 29.7 Å². The summed E-state index contributed by atoms with van der Waals surface area (Å²) in [5.74, 6) is 1.61. The van der Waals surface area contributed by atoms with Crippen LogP contribution in [0.25, 0.3) is 0 Å². The highest BCUT2D eigenvalue weighted by Gasteiger charge is 2.27. The average molecular weight is 307 g/mol. The summed E-state index contributed by atoms with van der Waals surface area (Å²) in [7, 11) is 1.71. The monoisotopic (exact) mass is 307 g/mol. The third-order valence-corrected chi connectivity index (χ3v) is 4.53. The van der Waals surface area contributed by atoms with Crippen LogP contribution in [0.3, 0.4) is 0 Å². The lowest BCUT2D eigenvalue weighted by Gasteiger charge is -2.05. The first-order valence-corrected chi connectivity index (χ1v) is 8.05. The van der Waals surface area contributed by atoms with Crippen LogP contribution in [0, 0.1) is 13.8 Å². The van der Waals surface area contributed by atoms with Gasteiger partial charge in [-0.25, -0.2) is 4.98 Å². The molecule has 2 heterocycles. The van der Waals surface area contributed by atoms with Crippen molar-refractivity contribution < 1.29 is 4.74 Å². The lowest BCUT2D eigenvalue weighted by Crippen LogP contribution is -2.08. The van der Waals surface area contributed by atoms with Gasteiger partial charge in [0, 0.05) is 42.4 Å². The molecule has 21 heavy (non-hydrogen) atoms. The van der Waals surface area contributed by atoms with Crippen molar-refractivity contribution >= 4 is 16.7 Å². The van der Waals surface area contributed by atoms with Gasteiger partial charge in [-0.15, -0.1) is 0 Å². The summed E-state index contributed by atoms with van der Waals surface area (Å²) >= 11 is 1.45. The van der Waals surface area contributed by atoms with Crippen molar-refractivity contribution in [3.05, 3.63) is 22.8 Å². The maximum Gasteiger partial charge on any atom is 0.202 e. The van der Waals surface area contributed by atoms with Gasteiger partial charge in [-0.1, -0.05) is 0 Å². The SMILES string of the molecule is COCCn1nc(C)c(CNc2nc(C3CC3)ns2)c1C. The lowest BCUT2D eigenvalue weighted by atomic mass is 10.2. The van der Waals surface area contributed by atoms with E-state index < -0.39 is 0 Å². The Balaban J connectivity index is 1.64. The normalized spacial score (nSPS) is 14.6. The lowest BCUT2D eigenvalue weighted by molar-refractivity contribution is 0.182. The standard InChI is InChI=1S/C14H21N5OS/c1-9-12(10(2)19(17-9)6-7-20-3)8-15-14-16-13(18-21-14)11-4-5-11/h11H,4-8H2,1-3H3,(H,15,16,18). The molecule has 3 rings (SSSR count). The number of aryl methyl sites for hydroxylation is 1. The number of anilines is 1. The maximum absolute atomic E-state index is 5.12. The first kappa shape index (κ1) is 14.5. The molecule has 0 bridgehead atoms. The zero-order chi connectivity index (χ0) is 14.8. The molecule has 114 valence electrons. The van der Waals surface area contributed by atoms with Gasteiger partial charge < -0.3 is 10.1 Å². The quantitative estimate of drug-likeness (QED) is 0.851. The topological polar surface area (TPSA) is 64.9 Å². The minimum atomic E-state index is 0.608. The number of rotatable bonds is 7. The van der Waals surface area contributed by atoms with Gasteiger partial charge in [-0.2, -0.15) is 9.47 Å².